The SMILES string of the molecule is Cn1c(C2CCC(=O)NC2=O)cc2cc(C(=O)O)ccc21. The first-order chi connectivity index (χ1) is 9.97. The number of carbonyl (C=O) groups excluding carboxylic acids is 2. The van der Waals surface area contributed by atoms with Crippen LogP contribution in [0.4, 0.5) is 0 Å². The maximum absolute atomic E-state index is 12.0. The first-order valence-electron chi connectivity index (χ1n) is 6.63. The average molecular weight is 286 g/mol. The van der Waals surface area contributed by atoms with Crippen molar-refractivity contribution in [2.75, 3.05) is 0 Å². The molecule has 1 aromatic carbocycles. The summed E-state index contributed by atoms with van der Waals surface area (Å²) in [5.41, 5.74) is 1.86. The zero-order valence-electron chi connectivity index (χ0n) is 11.4. The molecule has 21 heavy (non-hydrogen) atoms. The highest BCUT2D eigenvalue weighted by Crippen LogP contribution is 2.30. The summed E-state index contributed by atoms with van der Waals surface area (Å²) in [6, 6.07) is 6.68. The van der Waals surface area contributed by atoms with Crippen molar-refractivity contribution in [1.82, 2.24) is 9.88 Å². The summed E-state index contributed by atoms with van der Waals surface area (Å²) in [6.07, 6.45) is 0.791. The second-order valence-electron chi connectivity index (χ2n) is 5.21. The molecule has 108 valence electrons. The molecular weight excluding hydrogens is 272 g/mol. The molecule has 0 bridgehead atoms. The summed E-state index contributed by atoms with van der Waals surface area (Å²) in [5, 5.41) is 12.2. The third kappa shape index (κ3) is 2.18. The molecule has 2 aromatic rings. The van der Waals surface area contributed by atoms with Gasteiger partial charge in [-0.15, -0.1) is 0 Å². The summed E-state index contributed by atoms with van der Waals surface area (Å²) >= 11 is 0. The van der Waals surface area contributed by atoms with Crippen LogP contribution in [-0.4, -0.2) is 27.5 Å². The number of aromatic nitrogens is 1. The van der Waals surface area contributed by atoms with E-state index >= 15 is 0 Å². The largest absolute Gasteiger partial charge is 0.478 e. The monoisotopic (exact) mass is 286 g/mol. The Morgan fingerprint density at radius 2 is 2.10 bits per heavy atom. The second kappa shape index (κ2) is 4.73. The third-order valence-corrected chi connectivity index (χ3v) is 3.92. The van der Waals surface area contributed by atoms with Crippen LogP contribution in [0, 0.1) is 0 Å². The summed E-state index contributed by atoms with van der Waals surface area (Å²) in [4.78, 5) is 34.2. The Bertz CT molecular complexity index is 775. The molecule has 2 amide bonds. The zero-order valence-corrected chi connectivity index (χ0v) is 11.4. The van der Waals surface area contributed by atoms with Gasteiger partial charge >= 0.3 is 5.97 Å². The summed E-state index contributed by atoms with van der Waals surface area (Å²) in [6.45, 7) is 0. The number of imide groups is 1. The fourth-order valence-electron chi connectivity index (χ4n) is 2.81. The maximum Gasteiger partial charge on any atom is 0.335 e. The number of hydrogen-bond donors (Lipinski definition) is 2. The fraction of sp³-hybridized carbons (Fsp3) is 0.267. The molecule has 1 aliphatic rings. The van der Waals surface area contributed by atoms with E-state index in [2.05, 4.69) is 5.32 Å². The van der Waals surface area contributed by atoms with Crippen molar-refractivity contribution in [3.05, 3.63) is 35.5 Å². The van der Waals surface area contributed by atoms with Crippen LogP contribution in [0.5, 0.6) is 0 Å². The smallest absolute Gasteiger partial charge is 0.335 e. The Kier molecular flexibility index (Phi) is 3.01. The lowest BCUT2D eigenvalue weighted by molar-refractivity contribution is -0.134. The minimum atomic E-state index is -0.983. The van der Waals surface area contributed by atoms with Gasteiger partial charge in [-0.1, -0.05) is 0 Å². The zero-order chi connectivity index (χ0) is 15.1. The van der Waals surface area contributed by atoms with E-state index in [0.717, 1.165) is 16.6 Å². The van der Waals surface area contributed by atoms with Crippen LogP contribution >= 0.6 is 0 Å². The van der Waals surface area contributed by atoms with Gasteiger partial charge in [0.05, 0.1) is 11.5 Å². The Balaban J connectivity index is 2.07. The van der Waals surface area contributed by atoms with Crippen LogP contribution in [0.1, 0.15) is 34.8 Å². The van der Waals surface area contributed by atoms with Gasteiger partial charge in [0.25, 0.3) is 0 Å². The Labute approximate surface area is 120 Å². The van der Waals surface area contributed by atoms with E-state index in [0.29, 0.717) is 12.8 Å². The minimum Gasteiger partial charge on any atom is -0.478 e. The summed E-state index contributed by atoms with van der Waals surface area (Å²) in [7, 11) is 1.84. The van der Waals surface area contributed by atoms with Gasteiger partial charge in [0.1, 0.15) is 0 Å². The highest BCUT2D eigenvalue weighted by atomic mass is 16.4. The van der Waals surface area contributed by atoms with Crippen molar-refractivity contribution in [3.8, 4) is 0 Å². The predicted octanol–water partition coefficient (Wildman–Crippen LogP) is 1.40. The molecule has 6 nitrogen and oxygen atoms in total. The number of hydrogen-bond acceptors (Lipinski definition) is 3. The average Bonchev–Trinajstić information content (AvgIpc) is 2.75. The first-order valence-corrected chi connectivity index (χ1v) is 6.63. The fourth-order valence-corrected chi connectivity index (χ4v) is 2.81. The highest BCUT2D eigenvalue weighted by molar-refractivity contribution is 6.01. The molecular formula is C15H14N2O4. The van der Waals surface area contributed by atoms with Gasteiger partial charge in [-0.2, -0.15) is 0 Å². The first kappa shape index (κ1) is 13.4. The molecule has 2 N–H and O–H groups in total. The second-order valence-corrected chi connectivity index (χ2v) is 5.21. The van der Waals surface area contributed by atoms with Crippen molar-refractivity contribution in [2.24, 2.45) is 7.05 Å². The Hall–Kier alpha value is -2.63. The number of carboxylic acid groups (broad SMARTS) is 1. The van der Waals surface area contributed by atoms with Crippen molar-refractivity contribution in [1.29, 1.82) is 0 Å². The van der Waals surface area contributed by atoms with Crippen molar-refractivity contribution in [2.45, 2.75) is 18.8 Å². The van der Waals surface area contributed by atoms with E-state index < -0.39 is 5.97 Å². The normalized spacial score (nSPS) is 18.8. The predicted molar refractivity (Wildman–Crippen MR) is 75.0 cm³/mol. The summed E-state index contributed by atoms with van der Waals surface area (Å²) < 4.78 is 1.88. The van der Waals surface area contributed by atoms with E-state index in [1.165, 1.54) is 0 Å². The number of aromatic carboxylic acids is 1. The lowest BCUT2D eigenvalue weighted by Gasteiger charge is -2.21. The topological polar surface area (TPSA) is 88.4 Å². The van der Waals surface area contributed by atoms with E-state index in [9.17, 15) is 14.4 Å². The van der Waals surface area contributed by atoms with Crippen LogP contribution in [0.3, 0.4) is 0 Å². The molecule has 1 aliphatic heterocycles. The van der Waals surface area contributed by atoms with Gasteiger partial charge in [0.2, 0.25) is 11.8 Å². The number of benzene rings is 1. The van der Waals surface area contributed by atoms with Gasteiger partial charge in [-0.05, 0) is 30.7 Å². The minimum absolute atomic E-state index is 0.211. The number of carbonyl (C=O) groups is 3. The molecule has 0 spiro atoms. The molecule has 0 saturated carbocycles. The van der Waals surface area contributed by atoms with Gasteiger partial charge in [0.15, 0.2) is 0 Å². The molecule has 0 aliphatic carbocycles. The van der Waals surface area contributed by atoms with Crippen LogP contribution in [-0.2, 0) is 16.6 Å². The number of nitrogens with zero attached hydrogens (tertiary/aromatic N) is 1. The third-order valence-electron chi connectivity index (χ3n) is 3.92. The van der Waals surface area contributed by atoms with Crippen molar-refractivity contribution >= 4 is 28.7 Å². The number of rotatable bonds is 2. The molecule has 2 heterocycles. The number of fused-ring (bicyclic) bond motifs is 1. The molecule has 1 unspecified atom stereocenters. The van der Waals surface area contributed by atoms with Crippen molar-refractivity contribution in [3.63, 3.8) is 0 Å². The number of nitrogens with one attached hydrogen (secondary N) is 1. The van der Waals surface area contributed by atoms with Gasteiger partial charge in [-0.3, -0.25) is 14.9 Å². The molecule has 6 heteroatoms. The van der Waals surface area contributed by atoms with E-state index in [-0.39, 0.29) is 23.3 Å². The lowest BCUT2D eigenvalue weighted by Crippen LogP contribution is -2.40. The highest BCUT2D eigenvalue weighted by Gasteiger charge is 2.30. The lowest BCUT2D eigenvalue weighted by atomic mass is 9.94. The molecule has 1 saturated heterocycles. The van der Waals surface area contributed by atoms with Gasteiger partial charge < -0.3 is 9.67 Å². The van der Waals surface area contributed by atoms with E-state index in [4.69, 9.17) is 5.11 Å². The van der Waals surface area contributed by atoms with E-state index in [1.54, 1.807) is 18.2 Å². The van der Waals surface area contributed by atoms with Crippen molar-refractivity contribution < 1.29 is 19.5 Å². The van der Waals surface area contributed by atoms with Gasteiger partial charge in [0, 0.05) is 30.1 Å². The number of carboxylic acids is 1. The number of aryl methyl sites for hydroxylation is 1. The standard InChI is InChI=1S/C15H14N2O4/c1-17-11-4-2-8(15(20)21)6-9(11)7-12(17)10-3-5-13(18)16-14(10)19/h2,4,6-7,10H,3,5H2,1H3,(H,20,21)(H,16,18,19). The van der Waals surface area contributed by atoms with Gasteiger partial charge in [-0.25, -0.2) is 4.79 Å². The van der Waals surface area contributed by atoms with Crippen LogP contribution in [0.2, 0.25) is 0 Å². The molecule has 1 fully saturated rings. The molecule has 1 atom stereocenters. The quantitative estimate of drug-likeness (QED) is 0.817. The van der Waals surface area contributed by atoms with Crippen LogP contribution in [0.25, 0.3) is 10.9 Å². The van der Waals surface area contributed by atoms with E-state index in [1.807, 2.05) is 17.7 Å². The molecule has 3 rings (SSSR count). The van der Waals surface area contributed by atoms with Crippen LogP contribution < -0.4 is 5.32 Å². The molecule has 1 aromatic heterocycles. The number of amides is 2. The Morgan fingerprint density at radius 3 is 2.76 bits per heavy atom. The maximum atomic E-state index is 12.0. The summed E-state index contributed by atoms with van der Waals surface area (Å²) in [5.74, 6) is -1.91. The number of piperidine rings is 1. The Morgan fingerprint density at radius 1 is 1.33 bits per heavy atom. The molecule has 0 radical (unpaired) electrons. The van der Waals surface area contributed by atoms with Crippen LogP contribution in [0.15, 0.2) is 24.3 Å².